The van der Waals surface area contributed by atoms with E-state index in [4.69, 9.17) is 14.2 Å². The van der Waals surface area contributed by atoms with Crippen LogP contribution in [0.15, 0.2) is 121 Å². The third-order valence-electron chi connectivity index (χ3n) is 7.17. The van der Waals surface area contributed by atoms with Gasteiger partial charge in [0.05, 0.1) is 38.5 Å². The molecule has 5 nitrogen and oxygen atoms in total. The van der Waals surface area contributed by atoms with E-state index >= 15 is 0 Å². The number of carbonyl (C=O) groups excluding carboxylic acids is 1. The van der Waals surface area contributed by atoms with E-state index in [1.54, 1.807) is 0 Å². The van der Waals surface area contributed by atoms with Crippen LogP contribution in [0.1, 0.15) is 22.3 Å². The van der Waals surface area contributed by atoms with Crippen molar-refractivity contribution in [1.82, 2.24) is 4.90 Å². The van der Waals surface area contributed by atoms with Crippen LogP contribution in [0.4, 0.5) is 0 Å². The van der Waals surface area contributed by atoms with Crippen LogP contribution in [0.3, 0.4) is 0 Å². The monoisotopic (exact) mass is 521 g/mol. The smallest absolute Gasteiger partial charge is 0.139 e. The minimum atomic E-state index is -0.472. The van der Waals surface area contributed by atoms with E-state index in [1.165, 1.54) is 0 Å². The lowest BCUT2D eigenvalue weighted by Crippen LogP contribution is -2.42. The third kappa shape index (κ3) is 7.28. The summed E-state index contributed by atoms with van der Waals surface area (Å²) < 4.78 is 19.4. The van der Waals surface area contributed by atoms with Gasteiger partial charge in [-0.2, -0.15) is 0 Å². The van der Waals surface area contributed by atoms with E-state index in [0.29, 0.717) is 33.0 Å². The minimum Gasteiger partial charge on any atom is -0.375 e. The number of likely N-dealkylation sites (tertiary alicyclic amines) is 1. The molecule has 5 heteroatoms. The Hall–Kier alpha value is -3.61. The first-order valence-corrected chi connectivity index (χ1v) is 13.5. The Bertz CT molecular complexity index is 1250. The molecule has 4 atom stereocenters. The van der Waals surface area contributed by atoms with E-state index in [9.17, 15) is 4.79 Å². The third-order valence-corrected chi connectivity index (χ3v) is 7.17. The molecule has 1 heterocycles. The molecule has 1 aliphatic heterocycles. The Morgan fingerprint density at radius 2 is 1.00 bits per heavy atom. The van der Waals surface area contributed by atoms with Crippen molar-refractivity contribution in [3.63, 3.8) is 0 Å². The van der Waals surface area contributed by atoms with E-state index in [-0.39, 0.29) is 12.1 Å². The molecule has 4 aromatic carbocycles. The van der Waals surface area contributed by atoms with Crippen LogP contribution in [0, 0.1) is 0 Å². The summed E-state index contributed by atoms with van der Waals surface area (Å²) in [6.45, 7) is 2.33. The van der Waals surface area contributed by atoms with Crippen LogP contribution in [0.25, 0.3) is 0 Å². The summed E-state index contributed by atoms with van der Waals surface area (Å²) in [7, 11) is 0. The highest BCUT2D eigenvalue weighted by Crippen LogP contribution is 2.32. The van der Waals surface area contributed by atoms with E-state index in [0.717, 1.165) is 28.5 Å². The summed E-state index contributed by atoms with van der Waals surface area (Å²) in [4.78, 5) is 14.9. The molecular weight excluding hydrogens is 486 g/mol. The molecule has 39 heavy (non-hydrogen) atoms. The summed E-state index contributed by atoms with van der Waals surface area (Å²) >= 11 is 0. The fourth-order valence-electron chi connectivity index (χ4n) is 5.18. The zero-order valence-corrected chi connectivity index (χ0v) is 22.0. The van der Waals surface area contributed by atoms with E-state index in [1.807, 2.05) is 84.9 Å². The average Bonchev–Trinajstić information content (AvgIpc) is 3.27. The molecule has 0 saturated carbocycles. The normalized spacial score (nSPS) is 21.1. The van der Waals surface area contributed by atoms with Gasteiger partial charge in [-0.15, -0.1) is 0 Å². The van der Waals surface area contributed by atoms with Gasteiger partial charge in [-0.05, 0) is 22.3 Å². The Kier molecular flexibility index (Phi) is 9.66. The number of carbonyl (C=O) groups is 1. The minimum absolute atomic E-state index is 0.173. The molecule has 5 rings (SSSR count). The molecule has 0 bridgehead atoms. The van der Waals surface area contributed by atoms with Gasteiger partial charge >= 0.3 is 0 Å². The molecule has 0 N–H and O–H groups in total. The summed E-state index contributed by atoms with van der Waals surface area (Å²) in [6, 6.07) is 39.9. The predicted molar refractivity (Wildman–Crippen MR) is 152 cm³/mol. The molecule has 1 aliphatic rings. The predicted octanol–water partition coefficient (Wildman–Crippen LogP) is 5.83. The topological polar surface area (TPSA) is 48.0 Å². The average molecular weight is 522 g/mol. The van der Waals surface area contributed by atoms with Crippen LogP contribution in [-0.4, -0.2) is 42.1 Å². The van der Waals surface area contributed by atoms with Gasteiger partial charge in [0.2, 0.25) is 0 Å². The van der Waals surface area contributed by atoms with Gasteiger partial charge in [-0.3, -0.25) is 4.90 Å². The second-order valence-electron chi connectivity index (χ2n) is 9.88. The van der Waals surface area contributed by atoms with Crippen molar-refractivity contribution in [2.75, 3.05) is 6.61 Å². The second-order valence-corrected chi connectivity index (χ2v) is 9.88. The van der Waals surface area contributed by atoms with Gasteiger partial charge in [0.15, 0.2) is 0 Å². The maximum Gasteiger partial charge on any atom is 0.139 e. The quantitative estimate of drug-likeness (QED) is 0.207. The zero-order chi connectivity index (χ0) is 26.7. The van der Waals surface area contributed by atoms with Crippen molar-refractivity contribution in [3.8, 4) is 0 Å². The lowest BCUT2D eigenvalue weighted by atomic mass is 10.1. The lowest BCUT2D eigenvalue weighted by molar-refractivity contribution is -0.119. The summed E-state index contributed by atoms with van der Waals surface area (Å²) in [6.07, 6.45) is 0.207. The van der Waals surface area contributed by atoms with Crippen molar-refractivity contribution in [1.29, 1.82) is 0 Å². The molecule has 200 valence electrons. The Morgan fingerprint density at radius 1 is 0.564 bits per heavy atom. The number of nitrogens with zero attached hydrogens (tertiary/aromatic N) is 1. The first-order chi connectivity index (χ1) is 19.3. The van der Waals surface area contributed by atoms with Gasteiger partial charge in [0.25, 0.3) is 0 Å². The second kappa shape index (κ2) is 14.0. The Balaban J connectivity index is 1.41. The van der Waals surface area contributed by atoms with Crippen molar-refractivity contribution >= 4 is 6.29 Å². The van der Waals surface area contributed by atoms with E-state index < -0.39 is 12.1 Å². The number of hydrogen-bond donors (Lipinski definition) is 0. The highest BCUT2D eigenvalue weighted by Gasteiger charge is 2.50. The van der Waals surface area contributed by atoms with Gasteiger partial charge in [0, 0.05) is 6.54 Å². The summed E-state index contributed by atoms with van der Waals surface area (Å²) in [5, 5.41) is 0. The molecule has 0 aromatic heterocycles. The lowest BCUT2D eigenvalue weighted by Gasteiger charge is -2.29. The Labute approximate surface area is 231 Å². The number of benzene rings is 4. The maximum absolute atomic E-state index is 12.7. The molecule has 0 spiro atoms. The van der Waals surface area contributed by atoms with Crippen LogP contribution in [0.2, 0.25) is 0 Å². The van der Waals surface area contributed by atoms with Crippen LogP contribution < -0.4 is 0 Å². The number of rotatable bonds is 13. The summed E-state index contributed by atoms with van der Waals surface area (Å²) in [5.74, 6) is 0. The molecule has 0 amide bonds. The molecule has 0 radical (unpaired) electrons. The van der Waals surface area contributed by atoms with Crippen molar-refractivity contribution in [3.05, 3.63) is 144 Å². The number of hydrogen-bond acceptors (Lipinski definition) is 5. The molecule has 4 aromatic rings. The first-order valence-electron chi connectivity index (χ1n) is 13.5. The molecule has 1 fully saturated rings. The highest BCUT2D eigenvalue weighted by molar-refractivity contribution is 5.60. The fourth-order valence-corrected chi connectivity index (χ4v) is 5.18. The van der Waals surface area contributed by atoms with Crippen molar-refractivity contribution in [2.45, 2.75) is 50.7 Å². The zero-order valence-electron chi connectivity index (χ0n) is 22.0. The van der Waals surface area contributed by atoms with Crippen LogP contribution in [0.5, 0.6) is 0 Å². The largest absolute Gasteiger partial charge is 0.375 e. The molecule has 0 unspecified atom stereocenters. The van der Waals surface area contributed by atoms with Gasteiger partial charge in [0.1, 0.15) is 18.5 Å². The summed E-state index contributed by atoms with van der Waals surface area (Å²) in [5.41, 5.74) is 4.37. The maximum atomic E-state index is 12.7. The molecular formula is C34H35NO4. The molecule has 0 aliphatic carbocycles. The van der Waals surface area contributed by atoms with Gasteiger partial charge in [-0.25, -0.2) is 0 Å². The van der Waals surface area contributed by atoms with Crippen LogP contribution in [-0.2, 0) is 45.4 Å². The number of aldehydes is 1. The van der Waals surface area contributed by atoms with E-state index in [2.05, 4.69) is 41.3 Å². The number of ether oxygens (including phenoxy) is 3. The first kappa shape index (κ1) is 27.0. The van der Waals surface area contributed by atoms with Crippen molar-refractivity contribution in [2.24, 2.45) is 0 Å². The fraction of sp³-hybridized carbons (Fsp3) is 0.265. The van der Waals surface area contributed by atoms with Gasteiger partial charge < -0.3 is 19.0 Å². The van der Waals surface area contributed by atoms with Crippen molar-refractivity contribution < 1.29 is 19.0 Å². The highest BCUT2D eigenvalue weighted by atomic mass is 16.5. The van der Waals surface area contributed by atoms with Crippen LogP contribution >= 0.6 is 0 Å². The SMILES string of the molecule is O=C[C@H]1[C@H](OCc2ccccc2)[C@H](OCc2ccccc2)[C@H](COCc2ccccc2)N1Cc1ccccc1. The Morgan fingerprint density at radius 3 is 1.49 bits per heavy atom. The van der Waals surface area contributed by atoms with Gasteiger partial charge in [-0.1, -0.05) is 121 Å². The standard InChI is InChI=1S/C34H35NO4/c36-22-31-33(38-24-29-17-9-3-10-18-29)34(39-25-30-19-11-4-12-20-30)32(26-37-23-28-15-7-2-8-16-28)35(31)21-27-13-5-1-6-14-27/h1-20,22,31-34H,21,23-26H2/t31-,32-,33-,34+/m0/s1. The molecule has 1 saturated heterocycles.